The van der Waals surface area contributed by atoms with Gasteiger partial charge in [-0.3, -0.25) is 4.79 Å². The summed E-state index contributed by atoms with van der Waals surface area (Å²) in [7, 11) is 0. The fourth-order valence-electron chi connectivity index (χ4n) is 10.8. The largest absolute Gasteiger partial charge is 0.289 e. The lowest BCUT2D eigenvalue weighted by Gasteiger charge is -2.31. The van der Waals surface area contributed by atoms with E-state index in [1.54, 1.807) is 0 Å². The molecule has 0 N–H and O–H groups in total. The zero-order chi connectivity index (χ0) is 35.8. The molecule has 2 spiro atoms. The lowest BCUT2D eigenvalue weighted by molar-refractivity contribution is 0.103. The molecular formula is C53H32O. The lowest BCUT2D eigenvalue weighted by Crippen LogP contribution is -2.26. The van der Waals surface area contributed by atoms with Crippen molar-refractivity contribution in [3.63, 3.8) is 0 Å². The number of carbonyl (C=O) groups is 1. The highest BCUT2D eigenvalue weighted by molar-refractivity contribution is 6.11. The van der Waals surface area contributed by atoms with Crippen molar-refractivity contribution in [1.29, 1.82) is 0 Å². The molecule has 0 saturated heterocycles. The molecule has 250 valence electrons. The van der Waals surface area contributed by atoms with Crippen LogP contribution in [0.1, 0.15) is 66.0 Å². The van der Waals surface area contributed by atoms with Crippen LogP contribution in [0.3, 0.4) is 0 Å². The molecular weight excluding hydrogens is 653 g/mol. The van der Waals surface area contributed by atoms with Crippen LogP contribution in [0.15, 0.2) is 183 Å². The molecule has 0 aliphatic heterocycles. The number of ketones is 1. The monoisotopic (exact) mass is 684 g/mol. The second-order valence-corrected chi connectivity index (χ2v) is 15.1. The molecule has 1 heteroatoms. The number of fused-ring (bicyclic) bond motifs is 20. The molecule has 8 aromatic rings. The zero-order valence-corrected chi connectivity index (χ0v) is 29.4. The first kappa shape index (κ1) is 29.7. The Morgan fingerprint density at radius 2 is 0.648 bits per heavy atom. The van der Waals surface area contributed by atoms with E-state index >= 15 is 4.79 Å². The first-order valence-electron chi connectivity index (χ1n) is 18.8. The maximum Gasteiger partial charge on any atom is 0.193 e. The molecule has 4 aliphatic carbocycles. The minimum atomic E-state index is -0.548. The van der Waals surface area contributed by atoms with Crippen molar-refractivity contribution < 1.29 is 4.79 Å². The van der Waals surface area contributed by atoms with Gasteiger partial charge in [0.2, 0.25) is 0 Å². The smallest absolute Gasteiger partial charge is 0.193 e. The van der Waals surface area contributed by atoms with Crippen LogP contribution in [-0.4, -0.2) is 5.78 Å². The maximum absolute atomic E-state index is 15.1. The Balaban J connectivity index is 1.08. The van der Waals surface area contributed by atoms with Gasteiger partial charge in [0.15, 0.2) is 5.78 Å². The molecule has 0 amide bonds. The van der Waals surface area contributed by atoms with Gasteiger partial charge in [-0.15, -0.1) is 0 Å². The molecule has 1 nitrogen and oxygen atoms in total. The summed E-state index contributed by atoms with van der Waals surface area (Å²) in [5.41, 5.74) is 21.1. The summed E-state index contributed by atoms with van der Waals surface area (Å²) in [5.74, 6) is 0.0312. The first-order chi connectivity index (χ1) is 26.7. The summed E-state index contributed by atoms with van der Waals surface area (Å²) in [5, 5.41) is 0. The SMILES string of the molecule is C=Cc1ccc2c(c1)C1(c3ccccc3-c3ccccc31)c1cc(C(=O)c3ccc4c(c3)C3(c5ccccc5-c5ccccc53)c3ccccc3-4)ccc1-2. The molecule has 4 aliphatic rings. The van der Waals surface area contributed by atoms with E-state index in [0.29, 0.717) is 11.1 Å². The highest BCUT2D eigenvalue weighted by atomic mass is 16.1. The first-order valence-corrected chi connectivity index (χ1v) is 18.8. The molecule has 0 atom stereocenters. The molecule has 0 radical (unpaired) electrons. The highest BCUT2D eigenvalue weighted by Gasteiger charge is 2.53. The van der Waals surface area contributed by atoms with Gasteiger partial charge in [-0.2, -0.15) is 0 Å². The van der Waals surface area contributed by atoms with E-state index in [1.807, 2.05) is 18.2 Å². The predicted molar refractivity (Wildman–Crippen MR) is 219 cm³/mol. The normalized spacial score (nSPS) is 14.7. The van der Waals surface area contributed by atoms with Crippen molar-refractivity contribution in [1.82, 2.24) is 0 Å². The Morgan fingerprint density at radius 3 is 1.02 bits per heavy atom. The van der Waals surface area contributed by atoms with Crippen molar-refractivity contribution >= 4 is 11.9 Å². The van der Waals surface area contributed by atoms with Crippen LogP contribution >= 0.6 is 0 Å². The molecule has 54 heavy (non-hydrogen) atoms. The van der Waals surface area contributed by atoms with Crippen molar-refractivity contribution in [3.8, 4) is 44.5 Å². The van der Waals surface area contributed by atoms with E-state index in [-0.39, 0.29) is 5.78 Å². The number of carbonyl (C=O) groups excluding carboxylic acids is 1. The van der Waals surface area contributed by atoms with Crippen LogP contribution < -0.4 is 0 Å². The maximum atomic E-state index is 15.1. The van der Waals surface area contributed by atoms with Gasteiger partial charge >= 0.3 is 0 Å². The Kier molecular flexibility index (Phi) is 5.72. The number of benzene rings is 8. The molecule has 0 bridgehead atoms. The summed E-state index contributed by atoms with van der Waals surface area (Å²) in [4.78, 5) is 15.1. The van der Waals surface area contributed by atoms with Gasteiger partial charge in [-0.25, -0.2) is 0 Å². The van der Waals surface area contributed by atoms with Gasteiger partial charge in [-0.1, -0.05) is 170 Å². The van der Waals surface area contributed by atoms with Gasteiger partial charge in [0.1, 0.15) is 0 Å². The zero-order valence-electron chi connectivity index (χ0n) is 29.4. The fourth-order valence-corrected chi connectivity index (χ4v) is 10.8. The standard InChI is InChI=1S/C53H32O/c1-2-32-23-26-40-42-28-25-34(31-50(42)53(48(40)29-32)46-21-11-5-15-37(46)38-16-6-12-22-47(38)53)51(54)33-24-27-41-39-17-7-10-20-45(39)52(49(41)30-33)43-18-8-3-13-35(43)36-14-4-9-19-44(36)52/h2-31H,1H2. The van der Waals surface area contributed by atoms with Crippen molar-refractivity contribution in [2.24, 2.45) is 0 Å². The summed E-state index contributed by atoms with van der Waals surface area (Å²) < 4.78 is 0. The summed E-state index contributed by atoms with van der Waals surface area (Å²) in [6.45, 7) is 4.12. The summed E-state index contributed by atoms with van der Waals surface area (Å²) >= 11 is 0. The third-order valence-corrected chi connectivity index (χ3v) is 12.9. The third kappa shape index (κ3) is 3.39. The number of hydrogen-bond donors (Lipinski definition) is 0. The third-order valence-electron chi connectivity index (χ3n) is 12.9. The van der Waals surface area contributed by atoms with Gasteiger partial charge in [0.05, 0.1) is 10.8 Å². The van der Waals surface area contributed by atoms with E-state index in [9.17, 15) is 0 Å². The summed E-state index contributed by atoms with van der Waals surface area (Å²) in [6.07, 6.45) is 1.93. The number of hydrogen-bond acceptors (Lipinski definition) is 1. The van der Waals surface area contributed by atoms with Crippen LogP contribution in [0.25, 0.3) is 50.6 Å². The quantitative estimate of drug-likeness (QED) is 0.169. The van der Waals surface area contributed by atoms with E-state index in [0.717, 1.165) is 11.1 Å². The Labute approximate surface area is 314 Å². The molecule has 0 fully saturated rings. The molecule has 0 aromatic heterocycles. The second-order valence-electron chi connectivity index (χ2n) is 15.1. The molecule has 0 saturated carbocycles. The van der Waals surface area contributed by atoms with Crippen molar-refractivity contribution in [3.05, 3.63) is 244 Å². The van der Waals surface area contributed by atoms with E-state index in [1.165, 1.54) is 83.5 Å². The van der Waals surface area contributed by atoms with E-state index in [4.69, 9.17) is 0 Å². The molecule has 8 aromatic carbocycles. The average molecular weight is 685 g/mol. The van der Waals surface area contributed by atoms with Crippen LogP contribution in [0.5, 0.6) is 0 Å². The van der Waals surface area contributed by atoms with Gasteiger partial charge in [0, 0.05) is 11.1 Å². The van der Waals surface area contributed by atoms with Gasteiger partial charge < -0.3 is 0 Å². The Hall–Kier alpha value is -6.83. The van der Waals surface area contributed by atoms with Gasteiger partial charge in [0.25, 0.3) is 0 Å². The lowest BCUT2D eigenvalue weighted by atomic mass is 9.69. The van der Waals surface area contributed by atoms with Gasteiger partial charge in [-0.05, 0) is 113 Å². The minimum absolute atomic E-state index is 0.0312. The van der Waals surface area contributed by atoms with Crippen LogP contribution in [0.2, 0.25) is 0 Å². The van der Waals surface area contributed by atoms with Crippen LogP contribution in [0.4, 0.5) is 0 Å². The van der Waals surface area contributed by atoms with Crippen LogP contribution in [-0.2, 0) is 10.8 Å². The topological polar surface area (TPSA) is 17.1 Å². The van der Waals surface area contributed by atoms with E-state index in [2.05, 4.69) is 170 Å². The molecule has 0 unspecified atom stereocenters. The van der Waals surface area contributed by atoms with E-state index < -0.39 is 10.8 Å². The summed E-state index contributed by atoms with van der Waals surface area (Å²) in [6, 6.07) is 63.5. The highest BCUT2D eigenvalue weighted by Crippen LogP contribution is 2.64. The van der Waals surface area contributed by atoms with Crippen molar-refractivity contribution in [2.75, 3.05) is 0 Å². The number of rotatable bonds is 3. The Morgan fingerprint density at radius 1 is 0.352 bits per heavy atom. The van der Waals surface area contributed by atoms with Crippen molar-refractivity contribution in [2.45, 2.75) is 10.8 Å². The second kappa shape index (κ2) is 10.4. The fraction of sp³-hybridized carbons (Fsp3) is 0.0377. The Bertz CT molecular complexity index is 2880. The molecule has 0 heterocycles. The van der Waals surface area contributed by atoms with Crippen LogP contribution in [0, 0.1) is 0 Å². The minimum Gasteiger partial charge on any atom is -0.289 e. The predicted octanol–water partition coefficient (Wildman–Crippen LogP) is 12.2. The average Bonchev–Trinajstić information content (AvgIpc) is 3.91. The molecule has 12 rings (SSSR count).